The van der Waals surface area contributed by atoms with Gasteiger partial charge in [-0.05, 0) is 68.0 Å². The van der Waals surface area contributed by atoms with Gasteiger partial charge in [0.05, 0.1) is 0 Å². The highest BCUT2D eigenvalue weighted by atomic mass is 15.0. The predicted molar refractivity (Wildman–Crippen MR) is 75.1 cm³/mol. The van der Waals surface area contributed by atoms with Crippen molar-refractivity contribution in [1.82, 2.24) is 4.57 Å². The van der Waals surface area contributed by atoms with Gasteiger partial charge >= 0.3 is 0 Å². The van der Waals surface area contributed by atoms with Crippen molar-refractivity contribution in [1.29, 1.82) is 0 Å². The summed E-state index contributed by atoms with van der Waals surface area (Å²) in [5.74, 6) is 0. The summed E-state index contributed by atoms with van der Waals surface area (Å²) in [4.78, 5) is 0. The second-order valence-electron chi connectivity index (χ2n) is 5.36. The second-order valence-corrected chi connectivity index (χ2v) is 5.36. The molecule has 0 fully saturated rings. The minimum atomic E-state index is 0.224. The van der Waals surface area contributed by atoms with E-state index in [-0.39, 0.29) is 6.04 Å². The zero-order chi connectivity index (χ0) is 12.7. The van der Waals surface area contributed by atoms with E-state index in [9.17, 15) is 0 Å². The minimum Gasteiger partial charge on any atom is -0.324 e. The Morgan fingerprint density at radius 2 is 2.00 bits per heavy atom. The molecule has 0 aliphatic heterocycles. The molecule has 94 valence electrons. The molecule has 2 aromatic rings. The third-order valence-electron chi connectivity index (χ3n) is 4.12. The summed E-state index contributed by atoms with van der Waals surface area (Å²) in [6, 6.07) is 9.06. The molecule has 1 aliphatic carbocycles. The third-order valence-corrected chi connectivity index (χ3v) is 4.12. The molecule has 2 heteroatoms. The number of rotatable bonds is 1. The fourth-order valence-corrected chi connectivity index (χ4v) is 2.84. The lowest BCUT2D eigenvalue weighted by atomic mass is 9.93. The van der Waals surface area contributed by atoms with Gasteiger partial charge in [-0.15, -0.1) is 0 Å². The molecule has 1 heterocycles. The maximum absolute atomic E-state index is 6.18. The van der Waals surface area contributed by atoms with Gasteiger partial charge in [0.25, 0.3) is 0 Å². The minimum absolute atomic E-state index is 0.224. The average molecular weight is 240 g/mol. The van der Waals surface area contributed by atoms with Crippen LogP contribution in [0.4, 0.5) is 0 Å². The Balaban J connectivity index is 2.09. The molecule has 0 radical (unpaired) electrons. The number of benzene rings is 1. The molecule has 0 saturated carbocycles. The van der Waals surface area contributed by atoms with E-state index in [0.717, 1.165) is 12.8 Å². The highest BCUT2D eigenvalue weighted by Crippen LogP contribution is 2.30. The first-order valence-electron chi connectivity index (χ1n) is 6.70. The molecule has 3 rings (SSSR count). The fourth-order valence-electron chi connectivity index (χ4n) is 2.84. The van der Waals surface area contributed by atoms with Crippen LogP contribution in [-0.2, 0) is 6.42 Å². The summed E-state index contributed by atoms with van der Waals surface area (Å²) in [5, 5.41) is 0. The molecule has 18 heavy (non-hydrogen) atoms. The quantitative estimate of drug-likeness (QED) is 0.813. The average Bonchev–Trinajstić information content (AvgIpc) is 2.78. The number of aryl methyl sites for hydroxylation is 2. The van der Waals surface area contributed by atoms with Crippen LogP contribution in [0.2, 0.25) is 0 Å². The first-order valence-corrected chi connectivity index (χ1v) is 6.70. The highest BCUT2D eigenvalue weighted by molar-refractivity contribution is 5.44. The maximum Gasteiger partial charge on any atom is 0.0455 e. The summed E-state index contributed by atoms with van der Waals surface area (Å²) in [5.41, 5.74) is 12.9. The van der Waals surface area contributed by atoms with E-state index in [1.54, 1.807) is 0 Å². The van der Waals surface area contributed by atoms with Crippen molar-refractivity contribution >= 4 is 0 Å². The molecule has 2 nitrogen and oxygen atoms in total. The molecule has 1 aromatic heterocycles. The fraction of sp³-hybridized carbons (Fsp3) is 0.375. The molecule has 1 unspecified atom stereocenters. The molecule has 0 saturated heterocycles. The SMILES string of the molecule is Cc1ccc(-n2ccc3c2CCCC3N)cc1C. The number of nitrogens with zero attached hydrogens (tertiary/aromatic N) is 1. The van der Waals surface area contributed by atoms with E-state index in [1.807, 2.05) is 0 Å². The summed E-state index contributed by atoms with van der Waals surface area (Å²) in [6.45, 7) is 4.32. The highest BCUT2D eigenvalue weighted by Gasteiger charge is 2.20. The van der Waals surface area contributed by atoms with E-state index in [0.29, 0.717) is 0 Å². The van der Waals surface area contributed by atoms with Crippen molar-refractivity contribution in [2.24, 2.45) is 5.73 Å². The summed E-state index contributed by atoms with van der Waals surface area (Å²) < 4.78 is 2.31. The van der Waals surface area contributed by atoms with E-state index in [1.165, 1.54) is 34.5 Å². The number of aromatic nitrogens is 1. The first kappa shape index (κ1) is 11.5. The van der Waals surface area contributed by atoms with Crippen LogP contribution in [0.1, 0.15) is 41.3 Å². The molecule has 0 spiro atoms. The van der Waals surface area contributed by atoms with E-state index in [2.05, 4.69) is 48.9 Å². The Bertz CT molecular complexity index is 581. The molecule has 2 N–H and O–H groups in total. The first-order chi connectivity index (χ1) is 8.66. The Hall–Kier alpha value is -1.54. The van der Waals surface area contributed by atoms with Crippen LogP contribution in [0.5, 0.6) is 0 Å². The van der Waals surface area contributed by atoms with Gasteiger partial charge in [-0.1, -0.05) is 6.07 Å². The van der Waals surface area contributed by atoms with Gasteiger partial charge in [0.15, 0.2) is 0 Å². The molecule has 1 aliphatic rings. The summed E-state index contributed by atoms with van der Waals surface area (Å²) in [6.07, 6.45) is 5.62. The number of hydrogen-bond donors (Lipinski definition) is 1. The van der Waals surface area contributed by atoms with Crippen molar-refractivity contribution in [2.45, 2.75) is 39.2 Å². The van der Waals surface area contributed by atoms with Crippen LogP contribution < -0.4 is 5.73 Å². The Kier molecular flexibility index (Phi) is 2.75. The Labute approximate surface area is 108 Å². The van der Waals surface area contributed by atoms with E-state index in [4.69, 9.17) is 5.73 Å². The van der Waals surface area contributed by atoms with Gasteiger partial charge in [-0.25, -0.2) is 0 Å². The molecule has 0 amide bonds. The zero-order valence-corrected chi connectivity index (χ0v) is 11.1. The van der Waals surface area contributed by atoms with Crippen LogP contribution in [0, 0.1) is 13.8 Å². The topological polar surface area (TPSA) is 30.9 Å². The van der Waals surface area contributed by atoms with Crippen molar-refractivity contribution in [2.75, 3.05) is 0 Å². The monoisotopic (exact) mass is 240 g/mol. The zero-order valence-electron chi connectivity index (χ0n) is 11.1. The van der Waals surface area contributed by atoms with Crippen LogP contribution in [0.25, 0.3) is 5.69 Å². The van der Waals surface area contributed by atoms with Crippen molar-refractivity contribution in [3.63, 3.8) is 0 Å². The van der Waals surface area contributed by atoms with Crippen molar-refractivity contribution in [3.05, 3.63) is 52.8 Å². The Morgan fingerprint density at radius 3 is 2.78 bits per heavy atom. The van der Waals surface area contributed by atoms with Gasteiger partial charge < -0.3 is 10.3 Å². The number of hydrogen-bond acceptors (Lipinski definition) is 1. The standard InChI is InChI=1S/C16H20N2/c1-11-6-7-13(10-12(11)2)18-9-8-14-15(17)4-3-5-16(14)18/h6-10,15H,3-5,17H2,1-2H3. The summed E-state index contributed by atoms with van der Waals surface area (Å²) >= 11 is 0. The largest absolute Gasteiger partial charge is 0.324 e. The third kappa shape index (κ3) is 1.77. The Morgan fingerprint density at radius 1 is 1.17 bits per heavy atom. The maximum atomic E-state index is 6.18. The lowest BCUT2D eigenvalue weighted by molar-refractivity contribution is 0.560. The van der Waals surface area contributed by atoms with Crippen LogP contribution in [0.15, 0.2) is 30.5 Å². The lowest BCUT2D eigenvalue weighted by Gasteiger charge is -2.21. The molecular weight excluding hydrogens is 220 g/mol. The molecule has 0 bridgehead atoms. The van der Waals surface area contributed by atoms with Crippen molar-refractivity contribution < 1.29 is 0 Å². The molecule has 1 atom stereocenters. The van der Waals surface area contributed by atoms with Gasteiger partial charge in [0.1, 0.15) is 0 Å². The van der Waals surface area contributed by atoms with Crippen LogP contribution in [0.3, 0.4) is 0 Å². The molecule has 1 aromatic carbocycles. The van der Waals surface area contributed by atoms with E-state index < -0.39 is 0 Å². The van der Waals surface area contributed by atoms with Gasteiger partial charge in [0.2, 0.25) is 0 Å². The molecular formula is C16H20N2. The van der Waals surface area contributed by atoms with Gasteiger partial charge in [0, 0.05) is 23.6 Å². The summed E-state index contributed by atoms with van der Waals surface area (Å²) in [7, 11) is 0. The number of fused-ring (bicyclic) bond motifs is 1. The smallest absolute Gasteiger partial charge is 0.0455 e. The van der Waals surface area contributed by atoms with Crippen LogP contribution in [-0.4, -0.2) is 4.57 Å². The normalized spacial score (nSPS) is 18.7. The van der Waals surface area contributed by atoms with Gasteiger partial charge in [-0.2, -0.15) is 0 Å². The van der Waals surface area contributed by atoms with Gasteiger partial charge in [-0.3, -0.25) is 0 Å². The van der Waals surface area contributed by atoms with E-state index >= 15 is 0 Å². The second kappa shape index (κ2) is 4.29. The van der Waals surface area contributed by atoms with Crippen LogP contribution >= 0.6 is 0 Å². The predicted octanol–water partition coefficient (Wildman–Crippen LogP) is 3.43. The van der Waals surface area contributed by atoms with Crippen molar-refractivity contribution in [3.8, 4) is 5.69 Å². The number of nitrogens with two attached hydrogens (primary N) is 1. The lowest BCUT2D eigenvalue weighted by Crippen LogP contribution is -2.17.